The van der Waals surface area contributed by atoms with Crippen LogP contribution in [0.5, 0.6) is 10.8 Å². The van der Waals surface area contributed by atoms with Gasteiger partial charge in [0.25, 0.3) is 11.8 Å². The summed E-state index contributed by atoms with van der Waals surface area (Å²) in [4.78, 5) is 33.8. The zero-order valence-corrected chi connectivity index (χ0v) is 19.5. The van der Waals surface area contributed by atoms with Gasteiger partial charge in [0, 0.05) is 18.0 Å². The minimum Gasteiger partial charge on any atom is -0.444 e. The molecule has 0 bridgehead atoms. The molecule has 0 aliphatic heterocycles. The lowest BCUT2D eigenvalue weighted by Gasteiger charge is -2.24. The molecule has 2 aromatic carbocycles. The molecular formula is C25H20F2N4O3S. The maximum atomic E-state index is 13.4. The van der Waals surface area contributed by atoms with E-state index >= 15 is 0 Å². The average molecular weight is 495 g/mol. The Balaban J connectivity index is 1.57. The van der Waals surface area contributed by atoms with Gasteiger partial charge in [0.1, 0.15) is 28.6 Å². The monoisotopic (exact) mass is 494 g/mol. The van der Waals surface area contributed by atoms with Crippen LogP contribution in [0.2, 0.25) is 0 Å². The number of rotatable bonds is 7. The molecule has 0 aliphatic carbocycles. The van der Waals surface area contributed by atoms with Gasteiger partial charge in [-0.1, -0.05) is 11.3 Å². The number of pyridine rings is 1. The number of hydrogen-bond acceptors (Lipinski definition) is 6. The van der Waals surface area contributed by atoms with E-state index in [1.165, 1.54) is 54.7 Å². The second-order valence-electron chi connectivity index (χ2n) is 7.99. The van der Waals surface area contributed by atoms with Gasteiger partial charge in [0.05, 0.1) is 5.56 Å². The van der Waals surface area contributed by atoms with Crippen molar-refractivity contribution in [1.29, 1.82) is 0 Å². The van der Waals surface area contributed by atoms with E-state index in [1.54, 1.807) is 32.2 Å². The Morgan fingerprint density at radius 2 is 1.63 bits per heavy atom. The third kappa shape index (κ3) is 5.85. The SMILES string of the molecule is CC(C)(NC(=O)c1cccnc1)C(=O)Nc1nc(-c2ccc(F)cc2)c(Oc2ccc(F)cc2)s1. The summed E-state index contributed by atoms with van der Waals surface area (Å²) in [6, 6.07) is 14.3. The van der Waals surface area contributed by atoms with Crippen LogP contribution in [0.25, 0.3) is 11.3 Å². The number of benzene rings is 2. The van der Waals surface area contributed by atoms with E-state index < -0.39 is 29.0 Å². The molecule has 2 N–H and O–H groups in total. The summed E-state index contributed by atoms with van der Waals surface area (Å²) in [5.41, 5.74) is -0.0421. The zero-order chi connectivity index (χ0) is 25.0. The van der Waals surface area contributed by atoms with Gasteiger partial charge in [-0.25, -0.2) is 13.8 Å². The lowest BCUT2D eigenvalue weighted by Crippen LogP contribution is -2.52. The van der Waals surface area contributed by atoms with Crippen molar-refractivity contribution in [2.24, 2.45) is 0 Å². The first kappa shape index (κ1) is 24.0. The maximum absolute atomic E-state index is 13.4. The zero-order valence-electron chi connectivity index (χ0n) is 18.7. The molecule has 0 fully saturated rings. The van der Waals surface area contributed by atoms with Crippen LogP contribution in [-0.2, 0) is 4.79 Å². The van der Waals surface area contributed by atoms with E-state index in [0.717, 1.165) is 11.3 Å². The van der Waals surface area contributed by atoms with Crippen molar-refractivity contribution in [3.63, 3.8) is 0 Å². The van der Waals surface area contributed by atoms with Crippen molar-refractivity contribution in [1.82, 2.24) is 15.3 Å². The highest BCUT2D eigenvalue weighted by Crippen LogP contribution is 2.40. The molecule has 178 valence electrons. The van der Waals surface area contributed by atoms with E-state index in [9.17, 15) is 18.4 Å². The van der Waals surface area contributed by atoms with Crippen LogP contribution in [0, 0.1) is 11.6 Å². The third-order valence-corrected chi connectivity index (χ3v) is 5.72. The van der Waals surface area contributed by atoms with E-state index in [-0.39, 0.29) is 5.13 Å². The van der Waals surface area contributed by atoms with Crippen LogP contribution in [-0.4, -0.2) is 27.3 Å². The summed E-state index contributed by atoms with van der Waals surface area (Å²) >= 11 is 1.04. The lowest BCUT2D eigenvalue weighted by atomic mass is 10.0. The second-order valence-corrected chi connectivity index (χ2v) is 8.95. The average Bonchev–Trinajstić information content (AvgIpc) is 3.23. The minimum atomic E-state index is -1.29. The van der Waals surface area contributed by atoms with Gasteiger partial charge in [0.2, 0.25) is 5.06 Å². The number of ether oxygens (including phenoxy) is 1. The van der Waals surface area contributed by atoms with Gasteiger partial charge >= 0.3 is 0 Å². The molecule has 7 nitrogen and oxygen atoms in total. The topological polar surface area (TPSA) is 93.2 Å². The predicted octanol–water partition coefficient (Wildman–Crippen LogP) is 5.42. The number of thiazole rings is 1. The van der Waals surface area contributed by atoms with Crippen molar-refractivity contribution >= 4 is 28.3 Å². The number of anilines is 1. The second kappa shape index (κ2) is 9.98. The molecule has 0 unspecified atom stereocenters. The molecule has 35 heavy (non-hydrogen) atoms. The molecule has 0 spiro atoms. The van der Waals surface area contributed by atoms with Crippen molar-refractivity contribution < 1.29 is 23.1 Å². The number of nitrogens with zero attached hydrogens (tertiary/aromatic N) is 2. The number of halogens is 2. The third-order valence-electron chi connectivity index (χ3n) is 4.88. The number of amides is 2. The van der Waals surface area contributed by atoms with Crippen molar-refractivity contribution in [3.05, 3.63) is 90.3 Å². The van der Waals surface area contributed by atoms with Gasteiger partial charge < -0.3 is 10.1 Å². The largest absolute Gasteiger partial charge is 0.444 e. The molecule has 0 aliphatic rings. The Morgan fingerprint density at radius 1 is 0.971 bits per heavy atom. The van der Waals surface area contributed by atoms with E-state index in [1.807, 2.05) is 0 Å². The molecular weight excluding hydrogens is 474 g/mol. The molecule has 4 rings (SSSR count). The standard InChI is InChI=1S/C25H20F2N4O3S/c1-25(2,31-21(32)16-4-3-13-28-14-16)23(33)30-24-29-20(15-5-7-17(26)8-6-15)22(35-24)34-19-11-9-18(27)10-12-19/h3-14H,1-2H3,(H,31,32)(H,29,30,33). The van der Waals surface area contributed by atoms with Crippen LogP contribution < -0.4 is 15.4 Å². The first-order chi connectivity index (χ1) is 16.7. The molecule has 2 aromatic heterocycles. The Kier molecular flexibility index (Phi) is 6.83. The summed E-state index contributed by atoms with van der Waals surface area (Å²) in [5, 5.41) is 5.89. The lowest BCUT2D eigenvalue weighted by molar-refractivity contribution is -0.120. The highest BCUT2D eigenvalue weighted by molar-refractivity contribution is 7.18. The Bertz CT molecular complexity index is 1340. The molecule has 4 aromatic rings. The summed E-state index contributed by atoms with van der Waals surface area (Å²) in [5.74, 6) is -1.43. The van der Waals surface area contributed by atoms with Crippen LogP contribution in [0.3, 0.4) is 0 Å². The van der Waals surface area contributed by atoms with E-state index in [0.29, 0.717) is 27.6 Å². The number of carbonyl (C=O) groups excluding carboxylic acids is 2. The molecule has 10 heteroatoms. The summed E-state index contributed by atoms with van der Waals surface area (Å²) < 4.78 is 32.6. The summed E-state index contributed by atoms with van der Waals surface area (Å²) in [7, 11) is 0. The number of nitrogens with one attached hydrogen (secondary N) is 2. The highest BCUT2D eigenvalue weighted by Gasteiger charge is 2.31. The van der Waals surface area contributed by atoms with Crippen LogP contribution in [0.4, 0.5) is 13.9 Å². The number of hydrogen-bond donors (Lipinski definition) is 2. The van der Waals surface area contributed by atoms with Crippen molar-refractivity contribution in [2.45, 2.75) is 19.4 Å². The summed E-state index contributed by atoms with van der Waals surface area (Å²) in [6.45, 7) is 3.11. The maximum Gasteiger partial charge on any atom is 0.253 e. The first-order valence-corrected chi connectivity index (χ1v) is 11.3. The number of carbonyl (C=O) groups is 2. The molecule has 2 heterocycles. The van der Waals surface area contributed by atoms with E-state index in [2.05, 4.69) is 20.6 Å². The van der Waals surface area contributed by atoms with Crippen LogP contribution in [0.15, 0.2) is 73.1 Å². The Hall–Kier alpha value is -4.18. The van der Waals surface area contributed by atoms with Crippen LogP contribution in [0.1, 0.15) is 24.2 Å². The minimum absolute atomic E-state index is 0.204. The molecule has 2 amide bonds. The van der Waals surface area contributed by atoms with Crippen LogP contribution >= 0.6 is 11.3 Å². The molecule has 0 saturated carbocycles. The fourth-order valence-corrected chi connectivity index (χ4v) is 3.85. The van der Waals surface area contributed by atoms with Gasteiger partial charge in [-0.3, -0.25) is 19.9 Å². The smallest absolute Gasteiger partial charge is 0.253 e. The Morgan fingerprint density at radius 3 is 2.26 bits per heavy atom. The predicted molar refractivity (Wildman–Crippen MR) is 128 cm³/mol. The van der Waals surface area contributed by atoms with Crippen molar-refractivity contribution in [2.75, 3.05) is 5.32 Å². The van der Waals surface area contributed by atoms with E-state index in [4.69, 9.17) is 4.74 Å². The highest BCUT2D eigenvalue weighted by atomic mass is 32.1. The van der Waals surface area contributed by atoms with Gasteiger partial charge in [0.15, 0.2) is 5.13 Å². The van der Waals surface area contributed by atoms with Crippen molar-refractivity contribution in [3.8, 4) is 22.1 Å². The van der Waals surface area contributed by atoms with Gasteiger partial charge in [-0.2, -0.15) is 0 Å². The number of aromatic nitrogens is 2. The van der Waals surface area contributed by atoms with Gasteiger partial charge in [-0.05, 0) is 74.5 Å². The Labute approximate surface area is 203 Å². The van der Waals surface area contributed by atoms with Gasteiger partial charge in [-0.15, -0.1) is 0 Å². The fourth-order valence-electron chi connectivity index (χ4n) is 2.99. The summed E-state index contributed by atoms with van der Waals surface area (Å²) in [6.07, 6.45) is 2.94. The normalized spacial score (nSPS) is 11.1. The molecule has 0 radical (unpaired) electrons. The quantitative estimate of drug-likeness (QED) is 0.358. The first-order valence-electron chi connectivity index (χ1n) is 10.5. The molecule has 0 saturated heterocycles. The molecule has 0 atom stereocenters. The fraction of sp³-hybridized carbons (Fsp3) is 0.120.